The van der Waals surface area contributed by atoms with Crippen molar-refractivity contribution in [3.63, 3.8) is 0 Å². The molecule has 3 N–H and O–H groups in total. The lowest BCUT2D eigenvalue weighted by Crippen LogP contribution is -2.46. The zero-order valence-corrected chi connectivity index (χ0v) is 13.0. The molecule has 0 aliphatic carbocycles. The van der Waals surface area contributed by atoms with Gasteiger partial charge in [-0.25, -0.2) is 4.99 Å². The van der Waals surface area contributed by atoms with Gasteiger partial charge in [-0.05, 0) is 56.8 Å². The number of aryl methyl sites for hydroxylation is 1. The predicted molar refractivity (Wildman–Crippen MR) is 86.1 cm³/mol. The molecule has 0 fully saturated rings. The lowest BCUT2D eigenvalue weighted by Gasteiger charge is -2.22. The highest BCUT2D eigenvalue weighted by Gasteiger charge is 2.11. The minimum atomic E-state index is 0.374. The Morgan fingerprint density at radius 1 is 1.47 bits per heavy atom. The van der Waals surface area contributed by atoms with E-state index in [1.54, 1.807) is 11.0 Å². The van der Waals surface area contributed by atoms with Gasteiger partial charge in [-0.1, -0.05) is 11.6 Å². The molecular weight excluding hydrogens is 280 g/mol. The maximum Gasteiger partial charge on any atom is 0.202 e. The fourth-order valence-corrected chi connectivity index (χ4v) is 2.18. The Morgan fingerprint density at radius 3 is 2.68 bits per heavy atom. The van der Waals surface area contributed by atoms with Crippen LogP contribution in [0, 0.1) is 6.92 Å². The van der Waals surface area contributed by atoms with E-state index >= 15 is 0 Å². The maximum atomic E-state index is 6.01. The number of benzene rings is 1. The highest BCUT2D eigenvalue weighted by atomic mass is 35.5. The molecule has 0 bridgehead atoms. The summed E-state index contributed by atoms with van der Waals surface area (Å²) in [6, 6.07) is 5.49. The molecular formula is C13H19ClN4S. The lowest BCUT2D eigenvalue weighted by molar-refractivity contribution is 0.618. The summed E-state index contributed by atoms with van der Waals surface area (Å²) in [5.74, 6) is 0.374. The first-order valence-electron chi connectivity index (χ1n) is 6.15. The first-order chi connectivity index (χ1) is 8.99. The van der Waals surface area contributed by atoms with Crippen molar-refractivity contribution in [2.24, 2.45) is 10.7 Å². The second-order valence-electron chi connectivity index (χ2n) is 3.98. The monoisotopic (exact) mass is 298 g/mol. The first kappa shape index (κ1) is 15.7. The van der Waals surface area contributed by atoms with Crippen LogP contribution in [0.1, 0.15) is 19.4 Å². The highest BCUT2D eigenvalue weighted by molar-refractivity contribution is 7.80. The van der Waals surface area contributed by atoms with E-state index in [9.17, 15) is 0 Å². The minimum Gasteiger partial charge on any atom is -0.369 e. The molecule has 0 unspecified atom stereocenters. The maximum absolute atomic E-state index is 6.01. The molecule has 0 saturated carbocycles. The van der Waals surface area contributed by atoms with E-state index in [-0.39, 0.29) is 0 Å². The summed E-state index contributed by atoms with van der Waals surface area (Å²) in [6.07, 6.45) is 0. The van der Waals surface area contributed by atoms with Crippen molar-refractivity contribution < 1.29 is 0 Å². The van der Waals surface area contributed by atoms with Crippen molar-refractivity contribution >= 4 is 40.6 Å². The summed E-state index contributed by atoms with van der Waals surface area (Å²) >= 11 is 11.2. The average Bonchev–Trinajstić information content (AvgIpc) is 2.34. The third-order valence-corrected chi connectivity index (χ3v) is 3.16. The van der Waals surface area contributed by atoms with Crippen molar-refractivity contribution in [3.8, 4) is 0 Å². The van der Waals surface area contributed by atoms with Gasteiger partial charge < -0.3 is 11.1 Å². The minimum absolute atomic E-state index is 0.374. The Hall–Kier alpha value is -1.33. The Labute approximate surface area is 124 Å². The van der Waals surface area contributed by atoms with Gasteiger partial charge in [-0.3, -0.25) is 4.90 Å². The number of hydrogen-bond donors (Lipinski definition) is 2. The SMILES string of the molecule is CCNC(=S)N(CC)C(N)=Nc1ccc(Cl)cc1C. The van der Waals surface area contributed by atoms with Crippen LogP contribution in [0.5, 0.6) is 0 Å². The Balaban J connectivity index is 2.98. The Morgan fingerprint density at radius 2 is 2.16 bits per heavy atom. The molecule has 1 rings (SSSR count). The number of guanidine groups is 1. The van der Waals surface area contributed by atoms with Gasteiger partial charge in [0.2, 0.25) is 5.96 Å². The summed E-state index contributed by atoms with van der Waals surface area (Å²) in [5.41, 5.74) is 7.78. The van der Waals surface area contributed by atoms with Crippen LogP contribution in [0.4, 0.5) is 5.69 Å². The van der Waals surface area contributed by atoms with Crippen molar-refractivity contribution in [1.29, 1.82) is 0 Å². The van der Waals surface area contributed by atoms with E-state index in [1.807, 2.05) is 32.9 Å². The zero-order chi connectivity index (χ0) is 14.4. The number of rotatable bonds is 3. The fourth-order valence-electron chi connectivity index (χ4n) is 1.58. The van der Waals surface area contributed by atoms with Gasteiger partial charge in [-0.2, -0.15) is 0 Å². The number of nitrogens with two attached hydrogens (primary N) is 1. The second kappa shape index (κ2) is 7.31. The Bertz CT molecular complexity index is 488. The molecule has 19 heavy (non-hydrogen) atoms. The molecule has 0 aliphatic rings. The standard InChI is InChI=1S/C13H19ClN4S/c1-4-16-13(19)18(5-2)12(15)17-11-7-6-10(14)8-9(11)3/h6-8H,4-5H2,1-3H3,(H2,15,17)(H,16,19). The molecule has 0 aromatic heterocycles. The van der Waals surface area contributed by atoms with Crippen LogP contribution in [0.15, 0.2) is 23.2 Å². The molecule has 0 radical (unpaired) electrons. The van der Waals surface area contributed by atoms with Crippen LogP contribution < -0.4 is 11.1 Å². The van der Waals surface area contributed by atoms with Crippen LogP contribution in [0.25, 0.3) is 0 Å². The lowest BCUT2D eigenvalue weighted by atomic mass is 10.2. The fraction of sp³-hybridized carbons (Fsp3) is 0.385. The van der Waals surface area contributed by atoms with Gasteiger partial charge in [0.25, 0.3) is 0 Å². The molecule has 0 amide bonds. The van der Waals surface area contributed by atoms with Gasteiger partial charge >= 0.3 is 0 Å². The molecule has 6 heteroatoms. The molecule has 4 nitrogen and oxygen atoms in total. The van der Waals surface area contributed by atoms with Gasteiger partial charge in [0.05, 0.1) is 5.69 Å². The van der Waals surface area contributed by atoms with E-state index in [0.29, 0.717) is 22.6 Å². The summed E-state index contributed by atoms with van der Waals surface area (Å²) in [6.45, 7) is 7.31. The summed E-state index contributed by atoms with van der Waals surface area (Å²) in [7, 11) is 0. The molecule has 0 atom stereocenters. The number of nitrogens with one attached hydrogen (secondary N) is 1. The van der Waals surface area contributed by atoms with Gasteiger partial charge in [0.1, 0.15) is 0 Å². The van der Waals surface area contributed by atoms with Crippen LogP contribution >= 0.6 is 23.8 Å². The van der Waals surface area contributed by atoms with Crippen LogP contribution in [-0.4, -0.2) is 29.1 Å². The van der Waals surface area contributed by atoms with Gasteiger partial charge in [0, 0.05) is 18.1 Å². The summed E-state index contributed by atoms with van der Waals surface area (Å²) in [5, 5.41) is 4.33. The number of thiocarbonyl (C=S) groups is 1. The smallest absolute Gasteiger partial charge is 0.202 e. The van der Waals surface area contributed by atoms with E-state index in [4.69, 9.17) is 29.6 Å². The van der Waals surface area contributed by atoms with E-state index in [1.165, 1.54) is 0 Å². The quantitative estimate of drug-likeness (QED) is 0.512. The molecule has 1 aromatic carbocycles. The first-order valence-corrected chi connectivity index (χ1v) is 6.93. The number of halogens is 1. The van der Waals surface area contributed by atoms with E-state index in [0.717, 1.165) is 17.8 Å². The molecule has 1 aromatic rings. The summed E-state index contributed by atoms with van der Waals surface area (Å²) < 4.78 is 0. The topological polar surface area (TPSA) is 53.6 Å². The van der Waals surface area contributed by atoms with Crippen molar-refractivity contribution in [3.05, 3.63) is 28.8 Å². The third-order valence-electron chi connectivity index (χ3n) is 2.56. The molecule has 0 aliphatic heterocycles. The predicted octanol–water partition coefficient (Wildman–Crippen LogP) is 2.81. The Kier molecular flexibility index (Phi) is 6.05. The van der Waals surface area contributed by atoms with Crippen LogP contribution in [0.2, 0.25) is 5.02 Å². The highest BCUT2D eigenvalue weighted by Crippen LogP contribution is 2.22. The average molecular weight is 299 g/mol. The second-order valence-corrected chi connectivity index (χ2v) is 4.80. The van der Waals surface area contributed by atoms with Crippen molar-refractivity contribution in [1.82, 2.24) is 10.2 Å². The largest absolute Gasteiger partial charge is 0.369 e. The number of hydrogen-bond acceptors (Lipinski definition) is 2. The third kappa shape index (κ3) is 4.36. The zero-order valence-electron chi connectivity index (χ0n) is 11.4. The molecule has 0 saturated heterocycles. The molecule has 104 valence electrons. The van der Waals surface area contributed by atoms with E-state index < -0.39 is 0 Å². The van der Waals surface area contributed by atoms with Crippen LogP contribution in [-0.2, 0) is 0 Å². The molecule has 0 spiro atoms. The molecule has 0 heterocycles. The van der Waals surface area contributed by atoms with Gasteiger partial charge in [-0.15, -0.1) is 0 Å². The van der Waals surface area contributed by atoms with Crippen LogP contribution in [0.3, 0.4) is 0 Å². The van der Waals surface area contributed by atoms with Crippen molar-refractivity contribution in [2.45, 2.75) is 20.8 Å². The van der Waals surface area contributed by atoms with E-state index in [2.05, 4.69) is 10.3 Å². The van der Waals surface area contributed by atoms with Crippen molar-refractivity contribution in [2.75, 3.05) is 13.1 Å². The number of aliphatic imine (C=N–C) groups is 1. The number of nitrogens with zero attached hydrogens (tertiary/aromatic N) is 2. The summed E-state index contributed by atoms with van der Waals surface area (Å²) in [4.78, 5) is 6.17. The van der Waals surface area contributed by atoms with Gasteiger partial charge in [0.15, 0.2) is 5.11 Å². The normalized spacial score (nSPS) is 11.3.